The Balaban J connectivity index is 2.03. The molecule has 2 rings (SSSR count). The van der Waals surface area contributed by atoms with Crippen molar-refractivity contribution < 1.29 is 4.39 Å². The molecule has 1 atom stereocenters. The minimum Gasteiger partial charge on any atom is -0.313 e. The molecule has 0 bridgehead atoms. The van der Waals surface area contributed by atoms with E-state index in [1.54, 1.807) is 18.0 Å². The van der Waals surface area contributed by atoms with E-state index in [0.717, 1.165) is 11.3 Å². The van der Waals surface area contributed by atoms with Gasteiger partial charge in [0, 0.05) is 22.9 Å². The van der Waals surface area contributed by atoms with Crippen LogP contribution in [0.4, 0.5) is 4.39 Å². The molecule has 19 heavy (non-hydrogen) atoms. The zero-order chi connectivity index (χ0) is 13.7. The summed E-state index contributed by atoms with van der Waals surface area (Å²) in [5.41, 5.74) is 2.15. The zero-order valence-corrected chi connectivity index (χ0v) is 11.9. The third-order valence-corrected chi connectivity index (χ3v) is 4.02. The summed E-state index contributed by atoms with van der Waals surface area (Å²) >= 11 is 1.69. The Morgan fingerprint density at radius 3 is 2.89 bits per heavy atom. The first-order valence-corrected chi connectivity index (χ1v) is 7.17. The summed E-state index contributed by atoms with van der Waals surface area (Å²) < 4.78 is 13.0. The quantitative estimate of drug-likeness (QED) is 0.841. The molecule has 0 saturated carbocycles. The van der Waals surface area contributed by atoms with Gasteiger partial charge in [-0.05, 0) is 43.3 Å². The maximum Gasteiger partial charge on any atom is 0.141 e. The van der Waals surface area contributed by atoms with Crippen LogP contribution in [-0.4, -0.2) is 12.0 Å². The predicted octanol–water partition coefficient (Wildman–Crippen LogP) is 3.79. The van der Waals surface area contributed by atoms with Crippen LogP contribution < -0.4 is 5.32 Å². The van der Waals surface area contributed by atoms with Crippen LogP contribution in [0.1, 0.15) is 24.1 Å². The van der Waals surface area contributed by atoms with Crippen LogP contribution in [-0.2, 0) is 5.75 Å². The van der Waals surface area contributed by atoms with Gasteiger partial charge in [-0.2, -0.15) is 0 Å². The van der Waals surface area contributed by atoms with E-state index in [1.807, 2.05) is 7.05 Å². The molecule has 0 aliphatic rings. The maximum absolute atomic E-state index is 13.0. The molecule has 1 heterocycles. The summed E-state index contributed by atoms with van der Waals surface area (Å²) in [6, 6.07) is 10.3. The van der Waals surface area contributed by atoms with Crippen LogP contribution >= 0.6 is 11.8 Å². The summed E-state index contributed by atoms with van der Waals surface area (Å²) in [6.07, 6.45) is 2.93. The van der Waals surface area contributed by atoms with Gasteiger partial charge in [-0.3, -0.25) is 4.98 Å². The number of nitrogens with zero attached hydrogens (tertiary/aromatic N) is 1. The Bertz CT molecular complexity index is 545. The lowest BCUT2D eigenvalue weighted by molar-refractivity contribution is 0.619. The molecule has 1 aromatic carbocycles. The van der Waals surface area contributed by atoms with Gasteiger partial charge in [0.25, 0.3) is 0 Å². The molecule has 1 N–H and O–H groups in total. The van der Waals surface area contributed by atoms with Gasteiger partial charge in [0.05, 0.1) is 6.20 Å². The van der Waals surface area contributed by atoms with E-state index in [-0.39, 0.29) is 5.82 Å². The lowest BCUT2D eigenvalue weighted by Crippen LogP contribution is -2.11. The van der Waals surface area contributed by atoms with Crippen LogP contribution in [0.5, 0.6) is 0 Å². The highest BCUT2D eigenvalue weighted by atomic mass is 32.2. The predicted molar refractivity (Wildman–Crippen MR) is 77.7 cm³/mol. The summed E-state index contributed by atoms with van der Waals surface area (Å²) in [5.74, 6) is 0.443. The lowest BCUT2D eigenvalue weighted by Gasteiger charge is -2.11. The number of nitrogens with one attached hydrogen (secondary N) is 1. The van der Waals surface area contributed by atoms with Crippen LogP contribution in [0.2, 0.25) is 0 Å². The van der Waals surface area contributed by atoms with E-state index in [0.29, 0.717) is 6.04 Å². The number of halogens is 1. The van der Waals surface area contributed by atoms with Crippen molar-refractivity contribution in [3.05, 3.63) is 59.7 Å². The second-order valence-corrected chi connectivity index (χ2v) is 5.43. The van der Waals surface area contributed by atoms with Gasteiger partial charge in [-0.1, -0.05) is 12.1 Å². The average Bonchev–Trinajstić information content (AvgIpc) is 2.45. The van der Waals surface area contributed by atoms with Gasteiger partial charge >= 0.3 is 0 Å². The summed E-state index contributed by atoms with van der Waals surface area (Å²) in [7, 11) is 1.95. The lowest BCUT2D eigenvalue weighted by atomic mass is 10.1. The number of hydrogen-bond donors (Lipinski definition) is 1. The fraction of sp³-hybridized carbons (Fsp3) is 0.267. The molecule has 100 valence electrons. The molecule has 2 nitrogen and oxygen atoms in total. The number of aromatic nitrogens is 1. The van der Waals surface area contributed by atoms with Crippen molar-refractivity contribution in [3.63, 3.8) is 0 Å². The SMILES string of the molecule is CNC(C)c1cccc(SCc2cncc(F)c2)c1. The van der Waals surface area contributed by atoms with Crippen molar-refractivity contribution in [1.29, 1.82) is 0 Å². The molecule has 1 unspecified atom stereocenters. The average molecular weight is 276 g/mol. The highest BCUT2D eigenvalue weighted by molar-refractivity contribution is 7.98. The summed E-state index contributed by atoms with van der Waals surface area (Å²) in [4.78, 5) is 5.04. The van der Waals surface area contributed by atoms with Gasteiger partial charge in [0.2, 0.25) is 0 Å². The number of hydrogen-bond acceptors (Lipinski definition) is 3. The van der Waals surface area contributed by atoms with Gasteiger partial charge in [-0.25, -0.2) is 4.39 Å². The minimum absolute atomic E-state index is 0.282. The molecule has 1 aromatic heterocycles. The van der Waals surface area contributed by atoms with E-state index in [2.05, 4.69) is 41.5 Å². The molecule has 0 aliphatic carbocycles. The molecular weight excluding hydrogens is 259 g/mol. The van der Waals surface area contributed by atoms with E-state index in [4.69, 9.17) is 0 Å². The van der Waals surface area contributed by atoms with Gasteiger partial charge in [0.15, 0.2) is 0 Å². The third-order valence-electron chi connectivity index (χ3n) is 2.96. The standard InChI is InChI=1S/C15H17FN2S/c1-11(17-2)13-4-3-5-15(7-13)19-10-12-6-14(16)9-18-8-12/h3-9,11,17H,10H2,1-2H3. The Kier molecular flexibility index (Phi) is 4.93. The van der Waals surface area contributed by atoms with E-state index < -0.39 is 0 Å². The Labute approximate surface area is 117 Å². The molecule has 0 amide bonds. The van der Waals surface area contributed by atoms with Crippen LogP contribution in [0, 0.1) is 5.82 Å². The van der Waals surface area contributed by atoms with Crippen molar-refractivity contribution in [2.24, 2.45) is 0 Å². The van der Waals surface area contributed by atoms with E-state index in [1.165, 1.54) is 22.7 Å². The van der Waals surface area contributed by atoms with E-state index >= 15 is 0 Å². The molecule has 0 spiro atoms. The highest BCUT2D eigenvalue weighted by Crippen LogP contribution is 2.25. The number of thioether (sulfide) groups is 1. The molecule has 0 aliphatic heterocycles. The number of benzene rings is 1. The molecule has 0 fully saturated rings. The van der Waals surface area contributed by atoms with Crippen molar-refractivity contribution >= 4 is 11.8 Å². The molecule has 4 heteroatoms. The Hall–Kier alpha value is -1.39. The third kappa shape index (κ3) is 4.04. The van der Waals surface area contributed by atoms with Gasteiger partial charge in [0.1, 0.15) is 5.82 Å². The fourth-order valence-electron chi connectivity index (χ4n) is 1.74. The number of rotatable bonds is 5. The van der Waals surface area contributed by atoms with Crippen molar-refractivity contribution in [3.8, 4) is 0 Å². The van der Waals surface area contributed by atoms with Crippen molar-refractivity contribution in [2.75, 3.05) is 7.05 Å². The molecular formula is C15H17FN2S. The van der Waals surface area contributed by atoms with E-state index in [9.17, 15) is 4.39 Å². The summed E-state index contributed by atoms with van der Waals surface area (Å²) in [6.45, 7) is 2.13. The first-order chi connectivity index (χ1) is 9.19. The zero-order valence-electron chi connectivity index (χ0n) is 11.1. The Morgan fingerprint density at radius 1 is 1.32 bits per heavy atom. The monoisotopic (exact) mass is 276 g/mol. The fourth-order valence-corrected chi connectivity index (χ4v) is 2.63. The topological polar surface area (TPSA) is 24.9 Å². The second kappa shape index (κ2) is 6.68. The molecule has 2 aromatic rings. The first-order valence-electron chi connectivity index (χ1n) is 6.18. The van der Waals surface area contributed by atoms with Gasteiger partial charge < -0.3 is 5.32 Å². The smallest absolute Gasteiger partial charge is 0.141 e. The molecule has 0 saturated heterocycles. The molecule has 0 radical (unpaired) electrons. The summed E-state index contributed by atoms with van der Waals surface area (Å²) in [5, 5.41) is 3.22. The van der Waals surface area contributed by atoms with Crippen LogP contribution in [0.15, 0.2) is 47.6 Å². The maximum atomic E-state index is 13.0. The number of pyridine rings is 1. The van der Waals surface area contributed by atoms with Crippen molar-refractivity contribution in [1.82, 2.24) is 10.3 Å². The normalized spacial score (nSPS) is 12.4. The highest BCUT2D eigenvalue weighted by Gasteiger charge is 2.04. The van der Waals surface area contributed by atoms with Crippen LogP contribution in [0.3, 0.4) is 0 Å². The van der Waals surface area contributed by atoms with Crippen molar-refractivity contribution in [2.45, 2.75) is 23.6 Å². The first kappa shape index (κ1) is 14.0. The second-order valence-electron chi connectivity index (χ2n) is 4.38. The van der Waals surface area contributed by atoms with Crippen LogP contribution in [0.25, 0.3) is 0 Å². The Morgan fingerprint density at radius 2 is 2.16 bits per heavy atom. The largest absolute Gasteiger partial charge is 0.313 e. The minimum atomic E-state index is -0.282. The van der Waals surface area contributed by atoms with Gasteiger partial charge in [-0.15, -0.1) is 11.8 Å².